The van der Waals surface area contributed by atoms with E-state index in [9.17, 15) is 4.79 Å². The van der Waals surface area contributed by atoms with Gasteiger partial charge in [0.15, 0.2) is 0 Å². The van der Waals surface area contributed by atoms with Crippen molar-refractivity contribution in [2.24, 2.45) is 5.92 Å². The first-order valence-electron chi connectivity index (χ1n) is 6.89. The lowest BCUT2D eigenvalue weighted by Crippen LogP contribution is -2.14. The summed E-state index contributed by atoms with van der Waals surface area (Å²) in [5, 5.41) is 4.58. The zero-order valence-corrected chi connectivity index (χ0v) is 10.3. The lowest BCUT2D eigenvalue weighted by molar-refractivity contribution is -0.119. The molecule has 3 nitrogen and oxygen atoms in total. The molecular weight excluding hydrogens is 212 g/mol. The van der Waals surface area contributed by atoms with E-state index in [1.165, 1.54) is 32.1 Å². The number of rotatable bonds is 4. The molecule has 1 heterocycles. The molecule has 0 radical (unpaired) electrons. The van der Waals surface area contributed by atoms with Crippen LogP contribution in [-0.2, 0) is 11.2 Å². The largest absolute Gasteiger partial charge is 0.299 e. The van der Waals surface area contributed by atoms with Gasteiger partial charge < -0.3 is 0 Å². The van der Waals surface area contributed by atoms with E-state index < -0.39 is 0 Å². The number of hydrogen-bond acceptors (Lipinski definition) is 2. The third-order valence-electron chi connectivity index (χ3n) is 4.00. The zero-order chi connectivity index (χ0) is 11.7. The van der Waals surface area contributed by atoms with Gasteiger partial charge in [-0.1, -0.05) is 19.3 Å². The Hall–Kier alpha value is -1.12. The van der Waals surface area contributed by atoms with Crippen LogP contribution < -0.4 is 0 Å². The minimum atomic E-state index is 0.356. The summed E-state index contributed by atoms with van der Waals surface area (Å²) in [4.78, 5) is 11.7. The summed E-state index contributed by atoms with van der Waals surface area (Å²) in [6.45, 7) is 0. The van der Waals surface area contributed by atoms with E-state index in [4.69, 9.17) is 0 Å². The Morgan fingerprint density at radius 1 is 1.24 bits per heavy atom. The monoisotopic (exact) mass is 232 g/mol. The Kier molecular flexibility index (Phi) is 3.00. The molecule has 92 valence electrons. The highest BCUT2D eigenvalue weighted by atomic mass is 16.1. The van der Waals surface area contributed by atoms with Gasteiger partial charge in [0, 0.05) is 12.1 Å². The number of ketones is 1. The van der Waals surface area contributed by atoms with Crippen LogP contribution in [0.2, 0.25) is 0 Å². The Labute approximate surface area is 102 Å². The quantitative estimate of drug-likeness (QED) is 0.800. The van der Waals surface area contributed by atoms with Crippen molar-refractivity contribution in [3.05, 3.63) is 18.0 Å². The predicted molar refractivity (Wildman–Crippen MR) is 65.8 cm³/mol. The minimum absolute atomic E-state index is 0.356. The van der Waals surface area contributed by atoms with Crippen LogP contribution in [0.3, 0.4) is 0 Å². The van der Waals surface area contributed by atoms with Crippen LogP contribution in [0, 0.1) is 5.92 Å². The van der Waals surface area contributed by atoms with E-state index >= 15 is 0 Å². The van der Waals surface area contributed by atoms with E-state index in [1.807, 2.05) is 6.07 Å². The maximum absolute atomic E-state index is 11.7. The highest BCUT2D eigenvalue weighted by Crippen LogP contribution is 2.31. The molecule has 0 spiro atoms. The van der Waals surface area contributed by atoms with Crippen molar-refractivity contribution in [2.45, 2.75) is 57.4 Å². The van der Waals surface area contributed by atoms with Crippen molar-refractivity contribution in [1.29, 1.82) is 0 Å². The summed E-state index contributed by atoms with van der Waals surface area (Å²) >= 11 is 0. The summed E-state index contributed by atoms with van der Waals surface area (Å²) in [6, 6.07) is 2.60. The summed E-state index contributed by atoms with van der Waals surface area (Å²) in [5.41, 5.74) is 0.965. The number of hydrogen-bond donors (Lipinski definition) is 0. The molecule has 17 heavy (non-hydrogen) atoms. The standard InChI is InChI=1S/C14H20N2O/c17-14(11-6-7-11)10-12-8-9-16(15-12)13-4-2-1-3-5-13/h8-9,11,13H,1-7,10H2. The molecule has 0 amide bonds. The maximum atomic E-state index is 11.7. The topological polar surface area (TPSA) is 34.9 Å². The van der Waals surface area contributed by atoms with Gasteiger partial charge >= 0.3 is 0 Å². The van der Waals surface area contributed by atoms with Gasteiger partial charge in [0.1, 0.15) is 5.78 Å². The average molecular weight is 232 g/mol. The van der Waals surface area contributed by atoms with E-state index in [0.29, 0.717) is 24.2 Å². The highest BCUT2D eigenvalue weighted by Gasteiger charge is 2.29. The number of Topliss-reactive ketones (excluding diaryl/α,β-unsaturated/α-hetero) is 1. The Bertz CT molecular complexity index is 400. The van der Waals surface area contributed by atoms with Crippen molar-refractivity contribution in [3.8, 4) is 0 Å². The smallest absolute Gasteiger partial charge is 0.141 e. The summed E-state index contributed by atoms with van der Waals surface area (Å²) < 4.78 is 2.09. The van der Waals surface area contributed by atoms with E-state index in [0.717, 1.165) is 18.5 Å². The lowest BCUT2D eigenvalue weighted by atomic mass is 9.96. The molecule has 0 bridgehead atoms. The Morgan fingerprint density at radius 3 is 2.71 bits per heavy atom. The molecule has 1 aromatic rings. The normalized spacial score (nSPS) is 21.6. The minimum Gasteiger partial charge on any atom is -0.299 e. The van der Waals surface area contributed by atoms with E-state index in [-0.39, 0.29) is 0 Å². The van der Waals surface area contributed by atoms with Crippen LogP contribution in [-0.4, -0.2) is 15.6 Å². The third kappa shape index (κ3) is 2.59. The Balaban J connectivity index is 1.62. The fraction of sp³-hybridized carbons (Fsp3) is 0.714. The molecule has 2 saturated carbocycles. The molecular formula is C14H20N2O. The lowest BCUT2D eigenvalue weighted by Gasteiger charge is -2.21. The average Bonchev–Trinajstić information content (AvgIpc) is 3.12. The van der Waals surface area contributed by atoms with Crippen LogP contribution in [0.4, 0.5) is 0 Å². The predicted octanol–water partition coefficient (Wildman–Crippen LogP) is 2.91. The number of aromatic nitrogens is 2. The van der Waals surface area contributed by atoms with Gasteiger partial charge in [-0.25, -0.2) is 0 Å². The first kappa shape index (κ1) is 11.0. The number of carbonyl (C=O) groups is 1. The van der Waals surface area contributed by atoms with E-state index in [1.54, 1.807) is 0 Å². The second-order valence-electron chi connectivity index (χ2n) is 5.50. The zero-order valence-electron chi connectivity index (χ0n) is 10.3. The molecule has 0 aliphatic heterocycles. The SMILES string of the molecule is O=C(Cc1ccn(C2CCCCC2)n1)C1CC1. The molecule has 0 aromatic carbocycles. The first-order chi connectivity index (χ1) is 8.33. The third-order valence-corrected chi connectivity index (χ3v) is 4.00. The van der Waals surface area contributed by atoms with Crippen LogP contribution >= 0.6 is 0 Å². The summed E-state index contributed by atoms with van der Waals surface area (Å²) in [6.07, 6.45) is 11.3. The Morgan fingerprint density at radius 2 is 2.00 bits per heavy atom. The van der Waals surface area contributed by atoms with Gasteiger partial charge in [-0.3, -0.25) is 9.48 Å². The van der Waals surface area contributed by atoms with Crippen LogP contribution in [0.1, 0.15) is 56.7 Å². The van der Waals surface area contributed by atoms with Gasteiger partial charge in [0.2, 0.25) is 0 Å². The van der Waals surface area contributed by atoms with Crippen molar-refractivity contribution < 1.29 is 4.79 Å². The van der Waals surface area contributed by atoms with Crippen molar-refractivity contribution in [1.82, 2.24) is 9.78 Å². The number of nitrogens with zero attached hydrogens (tertiary/aromatic N) is 2. The molecule has 0 saturated heterocycles. The van der Waals surface area contributed by atoms with Crippen molar-refractivity contribution in [3.63, 3.8) is 0 Å². The maximum Gasteiger partial charge on any atom is 0.141 e. The molecule has 0 atom stereocenters. The fourth-order valence-electron chi connectivity index (χ4n) is 2.75. The van der Waals surface area contributed by atoms with Gasteiger partial charge in [-0.05, 0) is 31.7 Å². The van der Waals surface area contributed by atoms with E-state index in [2.05, 4.69) is 16.0 Å². The number of carbonyl (C=O) groups excluding carboxylic acids is 1. The molecule has 1 aromatic heterocycles. The van der Waals surface area contributed by atoms with Crippen LogP contribution in [0.25, 0.3) is 0 Å². The van der Waals surface area contributed by atoms with Gasteiger partial charge in [-0.2, -0.15) is 5.10 Å². The highest BCUT2D eigenvalue weighted by molar-refractivity contribution is 5.84. The second-order valence-corrected chi connectivity index (χ2v) is 5.50. The second kappa shape index (κ2) is 4.63. The van der Waals surface area contributed by atoms with Crippen LogP contribution in [0.15, 0.2) is 12.3 Å². The summed E-state index contributed by atoms with van der Waals surface area (Å²) in [5.74, 6) is 0.744. The molecule has 2 fully saturated rings. The molecule has 0 unspecified atom stereocenters. The van der Waals surface area contributed by atoms with Crippen molar-refractivity contribution in [2.75, 3.05) is 0 Å². The van der Waals surface area contributed by atoms with Gasteiger partial charge in [0.25, 0.3) is 0 Å². The molecule has 2 aliphatic carbocycles. The fourth-order valence-corrected chi connectivity index (χ4v) is 2.75. The molecule has 3 rings (SSSR count). The van der Waals surface area contributed by atoms with Crippen molar-refractivity contribution >= 4 is 5.78 Å². The molecule has 2 aliphatic rings. The van der Waals surface area contributed by atoms with Gasteiger partial charge in [0.05, 0.1) is 18.2 Å². The van der Waals surface area contributed by atoms with Crippen LogP contribution in [0.5, 0.6) is 0 Å². The summed E-state index contributed by atoms with van der Waals surface area (Å²) in [7, 11) is 0. The molecule has 3 heteroatoms. The molecule has 0 N–H and O–H groups in total. The van der Waals surface area contributed by atoms with Gasteiger partial charge in [-0.15, -0.1) is 0 Å². The first-order valence-corrected chi connectivity index (χ1v) is 6.89.